The van der Waals surface area contributed by atoms with Crippen LogP contribution in [0.3, 0.4) is 0 Å². The van der Waals surface area contributed by atoms with Gasteiger partial charge in [-0.05, 0) is 31.5 Å². The lowest BCUT2D eigenvalue weighted by molar-refractivity contribution is -0.117. The van der Waals surface area contributed by atoms with Crippen LogP contribution in [0, 0.1) is 13.8 Å². The fourth-order valence-corrected chi connectivity index (χ4v) is 3.93. The first-order valence-corrected chi connectivity index (χ1v) is 9.63. The Labute approximate surface area is 165 Å². The molecule has 1 N–H and O–H groups in total. The molecule has 28 heavy (non-hydrogen) atoms. The summed E-state index contributed by atoms with van der Waals surface area (Å²) in [6.45, 7) is 3.62. The maximum atomic E-state index is 12.8. The van der Waals surface area contributed by atoms with Gasteiger partial charge in [-0.3, -0.25) is 9.59 Å². The van der Waals surface area contributed by atoms with Crippen LogP contribution in [0.5, 0.6) is 0 Å². The lowest BCUT2D eigenvalue weighted by Gasteiger charge is -2.09. The topological polar surface area (TPSA) is 76.9 Å². The maximum absolute atomic E-state index is 12.8. The molecule has 0 fully saturated rings. The predicted octanol–water partition coefficient (Wildman–Crippen LogP) is 3.78. The number of hydrogen-bond donors (Lipinski definition) is 1. The van der Waals surface area contributed by atoms with Crippen molar-refractivity contribution in [3.05, 3.63) is 75.5 Å². The smallest absolute Gasteiger partial charge is 0.294 e. The van der Waals surface area contributed by atoms with Gasteiger partial charge in [-0.15, -0.1) is 11.3 Å². The van der Waals surface area contributed by atoms with Crippen LogP contribution in [-0.4, -0.2) is 20.7 Å². The number of rotatable bonds is 4. The van der Waals surface area contributed by atoms with Gasteiger partial charge in [0.25, 0.3) is 5.56 Å². The summed E-state index contributed by atoms with van der Waals surface area (Å²) < 4.78 is 1.93. The van der Waals surface area contributed by atoms with Crippen LogP contribution in [0.25, 0.3) is 21.5 Å². The molecule has 0 spiro atoms. The van der Waals surface area contributed by atoms with Crippen molar-refractivity contribution >= 4 is 33.1 Å². The number of carbonyl (C=O) groups is 1. The highest BCUT2D eigenvalue weighted by atomic mass is 32.1. The van der Waals surface area contributed by atoms with Gasteiger partial charge < -0.3 is 5.32 Å². The average Bonchev–Trinajstić information content (AvgIpc) is 3.06. The minimum absolute atomic E-state index is 0.181. The first kappa shape index (κ1) is 18.1. The van der Waals surface area contributed by atoms with Crippen LogP contribution < -0.4 is 10.9 Å². The Kier molecular flexibility index (Phi) is 4.75. The van der Waals surface area contributed by atoms with Gasteiger partial charge in [0.2, 0.25) is 5.91 Å². The number of aromatic nitrogens is 3. The second kappa shape index (κ2) is 7.36. The number of aryl methyl sites for hydroxylation is 2. The van der Waals surface area contributed by atoms with Gasteiger partial charge in [0.05, 0.1) is 9.71 Å². The molecule has 2 heterocycles. The molecular formula is C21H18N4O2S. The minimum atomic E-state index is -0.363. The van der Waals surface area contributed by atoms with Gasteiger partial charge in [-0.25, -0.2) is 9.67 Å². The zero-order valence-corrected chi connectivity index (χ0v) is 16.3. The molecule has 7 heteroatoms. The number of nitrogens with zero attached hydrogens (tertiary/aromatic N) is 3. The third kappa shape index (κ3) is 3.57. The second-order valence-electron chi connectivity index (χ2n) is 6.51. The fraction of sp³-hybridized carbons (Fsp3) is 0.143. The van der Waals surface area contributed by atoms with Gasteiger partial charge in [-0.2, -0.15) is 5.10 Å². The molecule has 140 valence electrons. The lowest BCUT2D eigenvalue weighted by Crippen LogP contribution is -2.30. The van der Waals surface area contributed by atoms with Crippen LogP contribution >= 0.6 is 11.3 Å². The molecule has 0 aliphatic rings. The Bertz CT molecular complexity index is 1230. The standard InChI is InChI=1S/C21H18N4O2S/c1-13-7-6-10-16(11-13)23-17(26)12-25-21(27)19-20(28-14(2)22-19)18(24-25)15-8-4-3-5-9-15/h3-11H,12H2,1-2H3,(H,23,26). The summed E-state index contributed by atoms with van der Waals surface area (Å²) in [6.07, 6.45) is 0. The van der Waals surface area contributed by atoms with Crippen molar-refractivity contribution in [2.45, 2.75) is 20.4 Å². The number of nitrogens with one attached hydrogen (secondary N) is 1. The van der Waals surface area contributed by atoms with Crippen LogP contribution in [-0.2, 0) is 11.3 Å². The maximum Gasteiger partial charge on any atom is 0.294 e. The van der Waals surface area contributed by atoms with E-state index in [-0.39, 0.29) is 18.0 Å². The Hall–Kier alpha value is -3.32. The van der Waals surface area contributed by atoms with Crippen molar-refractivity contribution in [3.8, 4) is 11.3 Å². The summed E-state index contributed by atoms with van der Waals surface area (Å²) in [7, 11) is 0. The molecule has 0 aliphatic heterocycles. The summed E-state index contributed by atoms with van der Waals surface area (Å²) in [6, 6.07) is 17.1. The summed E-state index contributed by atoms with van der Waals surface area (Å²) in [5.41, 5.74) is 3.25. The van der Waals surface area contributed by atoms with E-state index in [0.29, 0.717) is 16.9 Å². The van der Waals surface area contributed by atoms with Crippen LogP contribution in [0.4, 0.5) is 5.69 Å². The zero-order chi connectivity index (χ0) is 19.7. The Morgan fingerprint density at radius 2 is 1.89 bits per heavy atom. The highest BCUT2D eigenvalue weighted by molar-refractivity contribution is 7.19. The number of benzene rings is 2. The minimum Gasteiger partial charge on any atom is -0.324 e. The first-order chi connectivity index (χ1) is 13.5. The summed E-state index contributed by atoms with van der Waals surface area (Å²) in [5.74, 6) is -0.314. The van der Waals surface area contributed by atoms with Gasteiger partial charge in [0, 0.05) is 11.3 Å². The highest BCUT2D eigenvalue weighted by Crippen LogP contribution is 2.29. The normalized spacial score (nSPS) is 10.9. The van der Waals surface area contributed by atoms with Crippen molar-refractivity contribution in [2.75, 3.05) is 5.32 Å². The van der Waals surface area contributed by atoms with Crippen molar-refractivity contribution in [2.24, 2.45) is 0 Å². The molecule has 0 radical (unpaired) electrons. The van der Waals surface area contributed by atoms with E-state index in [0.717, 1.165) is 20.8 Å². The molecule has 1 amide bonds. The van der Waals surface area contributed by atoms with Crippen molar-refractivity contribution < 1.29 is 4.79 Å². The molecule has 6 nitrogen and oxygen atoms in total. The SMILES string of the molecule is Cc1cccc(NC(=O)Cn2nc(-c3ccccc3)c3sc(C)nc3c2=O)c1. The highest BCUT2D eigenvalue weighted by Gasteiger charge is 2.17. The molecule has 4 aromatic rings. The first-order valence-electron chi connectivity index (χ1n) is 8.81. The lowest BCUT2D eigenvalue weighted by atomic mass is 10.1. The predicted molar refractivity (Wildman–Crippen MR) is 112 cm³/mol. The van der Waals surface area contributed by atoms with E-state index in [1.165, 1.54) is 16.0 Å². The van der Waals surface area contributed by atoms with Crippen LogP contribution in [0.1, 0.15) is 10.6 Å². The Morgan fingerprint density at radius 3 is 2.64 bits per heavy atom. The third-order valence-corrected chi connectivity index (χ3v) is 5.23. The fourth-order valence-electron chi connectivity index (χ4n) is 3.02. The molecule has 2 aromatic heterocycles. The van der Waals surface area contributed by atoms with E-state index in [1.807, 2.05) is 68.4 Å². The molecule has 0 saturated heterocycles. The van der Waals surface area contributed by atoms with E-state index in [9.17, 15) is 9.59 Å². The summed E-state index contributed by atoms with van der Waals surface area (Å²) in [5, 5.41) is 8.10. The number of carbonyl (C=O) groups excluding carboxylic acids is 1. The largest absolute Gasteiger partial charge is 0.324 e. The van der Waals surface area contributed by atoms with E-state index in [4.69, 9.17) is 0 Å². The molecule has 2 aromatic carbocycles. The average molecular weight is 390 g/mol. The molecule has 0 saturated carbocycles. The van der Waals surface area contributed by atoms with Crippen molar-refractivity contribution in [1.29, 1.82) is 0 Å². The number of anilines is 1. The number of amides is 1. The molecule has 0 aliphatic carbocycles. The van der Waals surface area contributed by atoms with Gasteiger partial charge >= 0.3 is 0 Å². The molecule has 0 atom stereocenters. The quantitative estimate of drug-likeness (QED) is 0.575. The monoisotopic (exact) mass is 390 g/mol. The zero-order valence-electron chi connectivity index (χ0n) is 15.5. The third-order valence-electron chi connectivity index (χ3n) is 4.25. The van der Waals surface area contributed by atoms with Gasteiger partial charge in [0.15, 0.2) is 5.52 Å². The number of thiazole rings is 1. The van der Waals surface area contributed by atoms with Gasteiger partial charge in [0.1, 0.15) is 12.2 Å². The van der Waals surface area contributed by atoms with Crippen LogP contribution in [0.15, 0.2) is 59.4 Å². The number of fused-ring (bicyclic) bond motifs is 1. The van der Waals surface area contributed by atoms with E-state index in [1.54, 1.807) is 0 Å². The molecule has 0 bridgehead atoms. The molecule has 0 unspecified atom stereocenters. The Balaban J connectivity index is 1.74. The summed E-state index contributed by atoms with van der Waals surface area (Å²) >= 11 is 1.43. The van der Waals surface area contributed by atoms with Crippen molar-refractivity contribution in [1.82, 2.24) is 14.8 Å². The Morgan fingerprint density at radius 1 is 1.11 bits per heavy atom. The van der Waals surface area contributed by atoms with Gasteiger partial charge in [-0.1, -0.05) is 42.5 Å². The molecule has 4 rings (SSSR count). The summed E-state index contributed by atoms with van der Waals surface area (Å²) in [4.78, 5) is 29.7. The number of hydrogen-bond acceptors (Lipinski definition) is 5. The second-order valence-corrected chi connectivity index (χ2v) is 7.71. The van der Waals surface area contributed by atoms with E-state index < -0.39 is 0 Å². The van der Waals surface area contributed by atoms with Crippen molar-refractivity contribution in [3.63, 3.8) is 0 Å². The van der Waals surface area contributed by atoms with E-state index in [2.05, 4.69) is 15.4 Å². The van der Waals surface area contributed by atoms with Crippen LogP contribution in [0.2, 0.25) is 0 Å². The molecular weight excluding hydrogens is 372 g/mol. The van der Waals surface area contributed by atoms with E-state index >= 15 is 0 Å².